The SMILES string of the molecule is CC(C)C[C@H](N)C(=O)O.CC(C)C[C@H](N)C(=O)O.CC[C@H](C)[C@H](N)C(=O)O.CC[C@H](C)[C@H](N)C(=O)O.NCC(=O)O.N[C@@H](Cc1c[nH]c2ccccc12)C(=O)O. The summed E-state index contributed by atoms with van der Waals surface area (Å²) in [6, 6.07) is 4.14. The van der Waals surface area contributed by atoms with Crippen LogP contribution < -0.4 is 34.4 Å². The van der Waals surface area contributed by atoms with Crippen LogP contribution in [0.1, 0.15) is 86.6 Å². The summed E-state index contributed by atoms with van der Waals surface area (Å²) in [6.07, 6.45) is 4.89. The number of nitrogens with one attached hydrogen (secondary N) is 1. The van der Waals surface area contributed by atoms with Crippen molar-refractivity contribution in [3.8, 4) is 0 Å². The second-order valence-electron chi connectivity index (χ2n) is 13.8. The van der Waals surface area contributed by atoms with E-state index in [1.54, 1.807) is 0 Å². The number of hydrogen-bond donors (Lipinski definition) is 13. The summed E-state index contributed by atoms with van der Waals surface area (Å²) in [4.78, 5) is 63.5. The highest BCUT2D eigenvalue weighted by molar-refractivity contribution is 5.84. The summed E-state index contributed by atoms with van der Waals surface area (Å²) in [7, 11) is 0. The van der Waals surface area contributed by atoms with Gasteiger partial charge in [0.1, 0.15) is 30.2 Å². The van der Waals surface area contributed by atoms with Crippen molar-refractivity contribution in [2.75, 3.05) is 6.54 Å². The second-order valence-corrected chi connectivity index (χ2v) is 13.8. The minimum atomic E-state index is -0.972. The second kappa shape index (κ2) is 32.6. The van der Waals surface area contributed by atoms with Gasteiger partial charge in [-0.1, -0.05) is 86.4 Å². The number of H-pyrrole nitrogens is 1. The molecule has 1 aromatic carbocycles. The zero-order valence-corrected chi connectivity index (χ0v) is 33.9. The highest BCUT2D eigenvalue weighted by Gasteiger charge is 2.18. The number of para-hydroxylation sites is 1. The molecular formula is C37H69N7O12. The van der Waals surface area contributed by atoms with Gasteiger partial charge in [0.05, 0.1) is 6.54 Å². The molecule has 1 aromatic heterocycles. The number of benzene rings is 1. The number of nitrogens with two attached hydrogens (primary N) is 6. The molecule has 324 valence electrons. The van der Waals surface area contributed by atoms with E-state index >= 15 is 0 Å². The average molecular weight is 804 g/mol. The van der Waals surface area contributed by atoms with Crippen LogP contribution in [-0.2, 0) is 35.2 Å². The highest BCUT2D eigenvalue weighted by Crippen LogP contribution is 2.18. The Labute approximate surface area is 329 Å². The van der Waals surface area contributed by atoms with Crippen molar-refractivity contribution in [3.05, 3.63) is 36.0 Å². The summed E-state index contributed by atoms with van der Waals surface area (Å²) in [5, 5.41) is 50.7. The maximum atomic E-state index is 10.6. The lowest BCUT2D eigenvalue weighted by Gasteiger charge is -2.11. The van der Waals surface area contributed by atoms with E-state index in [0.29, 0.717) is 31.1 Å². The molecule has 0 aliphatic rings. The van der Waals surface area contributed by atoms with Crippen LogP contribution in [0.5, 0.6) is 0 Å². The maximum Gasteiger partial charge on any atom is 0.320 e. The van der Waals surface area contributed by atoms with E-state index in [1.165, 1.54) is 0 Å². The Morgan fingerprint density at radius 1 is 0.589 bits per heavy atom. The van der Waals surface area contributed by atoms with Crippen molar-refractivity contribution < 1.29 is 59.4 Å². The number of carboxylic acids is 6. The maximum absolute atomic E-state index is 10.6. The molecule has 0 fully saturated rings. The molecule has 2 rings (SSSR count). The summed E-state index contributed by atoms with van der Waals surface area (Å²) < 4.78 is 0. The van der Waals surface area contributed by atoms with Crippen LogP contribution in [0, 0.1) is 23.7 Å². The molecule has 0 spiro atoms. The average Bonchev–Trinajstić information content (AvgIpc) is 3.53. The molecule has 56 heavy (non-hydrogen) atoms. The lowest BCUT2D eigenvalue weighted by Crippen LogP contribution is -2.36. The van der Waals surface area contributed by atoms with Crippen molar-refractivity contribution in [2.45, 2.75) is 118 Å². The molecule has 1 heterocycles. The fourth-order valence-corrected chi connectivity index (χ4v) is 3.84. The molecule has 19 heteroatoms. The van der Waals surface area contributed by atoms with Crippen molar-refractivity contribution in [1.29, 1.82) is 0 Å². The van der Waals surface area contributed by atoms with Crippen molar-refractivity contribution in [1.82, 2.24) is 4.98 Å². The molecule has 0 amide bonds. The third-order valence-corrected chi connectivity index (χ3v) is 7.78. The van der Waals surface area contributed by atoms with Gasteiger partial charge in [-0.3, -0.25) is 28.8 Å². The van der Waals surface area contributed by atoms with E-state index in [1.807, 2.05) is 85.9 Å². The number of fused-ring (bicyclic) bond motifs is 1. The molecular weight excluding hydrogens is 734 g/mol. The predicted molar refractivity (Wildman–Crippen MR) is 215 cm³/mol. The summed E-state index contributed by atoms with van der Waals surface area (Å²) in [5.41, 5.74) is 33.0. The third kappa shape index (κ3) is 30.6. The van der Waals surface area contributed by atoms with Crippen LogP contribution in [0.3, 0.4) is 0 Å². The Morgan fingerprint density at radius 2 is 0.929 bits per heavy atom. The quantitative estimate of drug-likeness (QED) is 0.115. The first kappa shape index (κ1) is 58.1. The van der Waals surface area contributed by atoms with Gasteiger partial charge < -0.3 is 70.0 Å². The lowest BCUT2D eigenvalue weighted by molar-refractivity contribution is -0.140. The number of carboxylic acid groups (broad SMARTS) is 6. The van der Waals surface area contributed by atoms with E-state index in [9.17, 15) is 28.8 Å². The topological polar surface area (TPSA) is 396 Å². The first-order chi connectivity index (χ1) is 25.7. The molecule has 0 bridgehead atoms. The van der Waals surface area contributed by atoms with Crippen LogP contribution in [0.15, 0.2) is 30.5 Å². The van der Waals surface area contributed by atoms with Crippen LogP contribution in [0.2, 0.25) is 0 Å². The summed E-state index contributed by atoms with van der Waals surface area (Å²) in [5.74, 6) is -4.73. The van der Waals surface area contributed by atoms with Gasteiger partial charge in [-0.05, 0) is 48.1 Å². The van der Waals surface area contributed by atoms with E-state index < -0.39 is 66.0 Å². The molecule has 7 atom stereocenters. The molecule has 0 saturated heterocycles. The monoisotopic (exact) mass is 804 g/mol. The van der Waals surface area contributed by atoms with Crippen LogP contribution >= 0.6 is 0 Å². The molecule has 19 N–H and O–H groups in total. The zero-order valence-electron chi connectivity index (χ0n) is 33.9. The summed E-state index contributed by atoms with van der Waals surface area (Å²) >= 11 is 0. The van der Waals surface area contributed by atoms with Crippen molar-refractivity contribution >= 4 is 46.7 Å². The number of aromatic nitrogens is 1. The van der Waals surface area contributed by atoms with Gasteiger partial charge in [0.25, 0.3) is 0 Å². The van der Waals surface area contributed by atoms with E-state index in [2.05, 4.69) is 10.7 Å². The minimum absolute atomic E-state index is 0.0718. The van der Waals surface area contributed by atoms with Crippen LogP contribution in [0.25, 0.3) is 10.9 Å². The largest absolute Gasteiger partial charge is 0.480 e. The lowest BCUT2D eigenvalue weighted by atomic mass is 10.0. The predicted octanol–water partition coefficient (Wildman–Crippen LogP) is 1.93. The Morgan fingerprint density at radius 3 is 1.16 bits per heavy atom. The number of aromatic amines is 1. The van der Waals surface area contributed by atoms with E-state index in [-0.39, 0.29) is 18.4 Å². The number of rotatable bonds is 16. The van der Waals surface area contributed by atoms with Crippen LogP contribution in [-0.4, -0.2) is 108 Å². The Kier molecular flexibility index (Phi) is 33.8. The third-order valence-electron chi connectivity index (χ3n) is 7.78. The Hall–Kier alpha value is -4.66. The zero-order chi connectivity index (χ0) is 44.9. The fraction of sp³-hybridized carbons (Fsp3) is 0.622. The van der Waals surface area contributed by atoms with Crippen molar-refractivity contribution in [3.63, 3.8) is 0 Å². The first-order valence-corrected chi connectivity index (χ1v) is 18.1. The van der Waals surface area contributed by atoms with Gasteiger partial charge in [-0.25, -0.2) is 0 Å². The Bertz CT molecular complexity index is 1370. The van der Waals surface area contributed by atoms with Gasteiger partial charge in [-0.2, -0.15) is 0 Å². The number of aliphatic carboxylic acids is 6. The molecule has 0 saturated carbocycles. The number of carbonyl (C=O) groups is 6. The normalized spacial score (nSPS) is 13.9. The molecule has 0 aliphatic heterocycles. The molecule has 0 aliphatic carbocycles. The first-order valence-electron chi connectivity index (χ1n) is 18.1. The molecule has 2 aromatic rings. The van der Waals surface area contributed by atoms with Crippen molar-refractivity contribution in [2.24, 2.45) is 58.1 Å². The van der Waals surface area contributed by atoms with Gasteiger partial charge >= 0.3 is 35.8 Å². The minimum Gasteiger partial charge on any atom is -0.480 e. The van der Waals surface area contributed by atoms with E-state index in [4.69, 9.17) is 59.3 Å². The van der Waals surface area contributed by atoms with Gasteiger partial charge in [0, 0.05) is 23.5 Å². The standard InChI is InChI=1S/C11H12N2O2.4C6H13NO2.C2H5NO2/c12-9(11(14)15)5-7-6-13-10-4-2-1-3-8(7)10;2*1-4(2)3-5(7)6(8)9;2*1-3-4(2)5(7)6(8)9;3-1-2(4)5/h1-4,6,9,13H,5,12H2,(H,14,15);4*4-5H,3,7H2,1-2H3,(H,8,9);1,3H2,(H,4,5)/t9-;2*5-;2*4-,5-;/m00000./s1. The van der Waals surface area contributed by atoms with Crippen LogP contribution in [0.4, 0.5) is 0 Å². The highest BCUT2D eigenvalue weighted by atomic mass is 16.4. The molecule has 19 nitrogen and oxygen atoms in total. The molecule has 0 unspecified atom stereocenters. The fourth-order valence-electron chi connectivity index (χ4n) is 3.84. The van der Waals surface area contributed by atoms with Gasteiger partial charge in [0.2, 0.25) is 0 Å². The summed E-state index contributed by atoms with van der Waals surface area (Å²) in [6.45, 7) is 15.0. The smallest absolute Gasteiger partial charge is 0.320 e. The Balaban J connectivity index is -0.000000299. The molecule has 0 radical (unpaired) electrons. The van der Waals surface area contributed by atoms with Gasteiger partial charge in [0.15, 0.2) is 0 Å². The van der Waals surface area contributed by atoms with Gasteiger partial charge in [-0.15, -0.1) is 0 Å². The number of hydrogen-bond acceptors (Lipinski definition) is 12. The van der Waals surface area contributed by atoms with E-state index in [0.717, 1.165) is 29.3 Å².